The molecule has 0 saturated heterocycles. The summed E-state index contributed by atoms with van der Waals surface area (Å²) in [6, 6.07) is 0. The summed E-state index contributed by atoms with van der Waals surface area (Å²) in [4.78, 5) is 16.4. The van der Waals surface area contributed by atoms with Gasteiger partial charge >= 0.3 is 0 Å². The van der Waals surface area contributed by atoms with Crippen molar-refractivity contribution < 1.29 is 4.79 Å². The first kappa shape index (κ1) is 5.40. The average Bonchev–Trinajstić information content (AvgIpc) is 2.34. The first-order chi connectivity index (χ1) is 4.88. The minimum Gasteiger partial charge on any atom is -0.274 e. The minimum absolute atomic E-state index is 0.0358. The van der Waals surface area contributed by atoms with Crippen LogP contribution in [0.5, 0.6) is 0 Å². The number of rotatable bonds is 0. The van der Waals surface area contributed by atoms with Crippen LogP contribution in [0.3, 0.4) is 0 Å². The van der Waals surface area contributed by atoms with Crippen LogP contribution < -0.4 is 5.43 Å². The Morgan fingerprint density at radius 2 is 2.60 bits per heavy atom. The summed E-state index contributed by atoms with van der Waals surface area (Å²) in [5, 5.41) is 3.75. The molecule has 0 fully saturated rings. The molecule has 0 atom stereocenters. The Hall–Kier alpha value is -1.39. The predicted octanol–water partition coefficient (Wildman–Crippen LogP) is -1.23. The van der Waals surface area contributed by atoms with E-state index >= 15 is 0 Å². The second kappa shape index (κ2) is 1.80. The summed E-state index contributed by atoms with van der Waals surface area (Å²) in [5.74, 6) is 0.612. The molecule has 0 spiro atoms. The Balaban J connectivity index is 2.28. The number of hydrogen-bond donors (Lipinski definition) is 1. The lowest BCUT2D eigenvalue weighted by molar-refractivity contribution is -0.124. The molecule has 1 amide bonds. The van der Waals surface area contributed by atoms with E-state index in [2.05, 4.69) is 15.5 Å². The molecule has 0 aromatic heterocycles. The quantitative estimate of drug-likeness (QED) is 0.456. The second-order valence-corrected chi connectivity index (χ2v) is 2.07. The third kappa shape index (κ3) is 0.601. The van der Waals surface area contributed by atoms with Gasteiger partial charge in [0, 0.05) is 6.21 Å². The molecule has 0 radical (unpaired) electrons. The Labute approximate surface area is 57.4 Å². The smallest absolute Gasteiger partial charge is 0.251 e. The van der Waals surface area contributed by atoms with Crippen molar-refractivity contribution in [3.8, 4) is 0 Å². The third-order valence-corrected chi connectivity index (χ3v) is 1.44. The topological polar surface area (TPSA) is 57.1 Å². The molecule has 2 rings (SSSR count). The highest BCUT2D eigenvalue weighted by Crippen LogP contribution is 2.01. The molecule has 2 aliphatic rings. The van der Waals surface area contributed by atoms with Gasteiger partial charge < -0.3 is 0 Å². The highest BCUT2D eigenvalue weighted by molar-refractivity contribution is 6.05. The van der Waals surface area contributed by atoms with Crippen LogP contribution in [0.2, 0.25) is 0 Å². The monoisotopic (exact) mass is 138 g/mol. The summed E-state index contributed by atoms with van der Waals surface area (Å²) in [5.41, 5.74) is 2.64. The number of hydrogen-bond acceptors (Lipinski definition) is 4. The number of guanidine groups is 1. The summed E-state index contributed by atoms with van der Waals surface area (Å²) in [6.45, 7) is 0.802. The number of nitrogens with one attached hydrogen (secondary N) is 1. The molecule has 52 valence electrons. The molecule has 5 heteroatoms. The van der Waals surface area contributed by atoms with Gasteiger partial charge in [-0.2, -0.15) is 5.10 Å². The van der Waals surface area contributed by atoms with Crippen LogP contribution in [0, 0.1) is 0 Å². The van der Waals surface area contributed by atoms with E-state index in [0.717, 1.165) is 0 Å². The third-order valence-electron chi connectivity index (χ3n) is 1.44. The molecule has 0 aromatic rings. The van der Waals surface area contributed by atoms with Crippen molar-refractivity contribution in [2.75, 3.05) is 13.1 Å². The van der Waals surface area contributed by atoms with Gasteiger partial charge in [0.15, 0.2) is 0 Å². The van der Waals surface area contributed by atoms with Crippen molar-refractivity contribution in [2.24, 2.45) is 10.1 Å². The molecule has 10 heavy (non-hydrogen) atoms. The normalized spacial score (nSPS) is 22.2. The number of nitrogens with zero attached hydrogens (tertiary/aromatic N) is 3. The lowest BCUT2D eigenvalue weighted by atomic mass is 10.5. The molecule has 0 aliphatic carbocycles. The van der Waals surface area contributed by atoms with Crippen molar-refractivity contribution in [3.05, 3.63) is 0 Å². The van der Waals surface area contributed by atoms with Crippen LogP contribution in [0.25, 0.3) is 0 Å². The molecule has 5 nitrogen and oxygen atoms in total. The summed E-state index contributed by atoms with van der Waals surface area (Å²) < 4.78 is 0. The molecular weight excluding hydrogens is 132 g/mol. The van der Waals surface area contributed by atoms with Crippen molar-refractivity contribution in [1.82, 2.24) is 10.3 Å². The molecule has 0 bridgehead atoms. The molecular formula is C5H6N4O. The number of aliphatic imine (C=N–C) groups is 1. The lowest BCUT2D eigenvalue weighted by Crippen LogP contribution is -2.43. The number of amides is 1. The van der Waals surface area contributed by atoms with Crippen molar-refractivity contribution in [1.29, 1.82) is 0 Å². The first-order valence-electron chi connectivity index (χ1n) is 3.00. The molecule has 0 saturated carbocycles. The lowest BCUT2D eigenvalue weighted by Gasteiger charge is -2.18. The fourth-order valence-corrected chi connectivity index (χ4v) is 0.941. The fourth-order valence-electron chi connectivity index (χ4n) is 0.941. The molecule has 0 aromatic carbocycles. The molecule has 2 heterocycles. The van der Waals surface area contributed by atoms with E-state index in [0.29, 0.717) is 12.5 Å². The van der Waals surface area contributed by atoms with E-state index in [9.17, 15) is 4.79 Å². The van der Waals surface area contributed by atoms with E-state index < -0.39 is 0 Å². The second-order valence-electron chi connectivity index (χ2n) is 2.07. The van der Waals surface area contributed by atoms with Gasteiger partial charge in [0.25, 0.3) is 5.91 Å². The van der Waals surface area contributed by atoms with Gasteiger partial charge in [0.05, 0.1) is 6.54 Å². The Kier molecular flexibility index (Phi) is 0.969. The maximum Gasteiger partial charge on any atom is 0.251 e. The summed E-state index contributed by atoms with van der Waals surface area (Å²) >= 11 is 0. The van der Waals surface area contributed by atoms with Crippen molar-refractivity contribution in [2.45, 2.75) is 0 Å². The van der Waals surface area contributed by atoms with Crippen LogP contribution in [0.1, 0.15) is 0 Å². The number of carbonyl (C=O) groups excluding carboxylic acids is 1. The maximum atomic E-state index is 10.9. The average molecular weight is 138 g/mol. The van der Waals surface area contributed by atoms with E-state index in [-0.39, 0.29) is 12.5 Å². The van der Waals surface area contributed by atoms with Gasteiger partial charge in [0.2, 0.25) is 5.96 Å². The van der Waals surface area contributed by atoms with Gasteiger partial charge in [-0.05, 0) is 0 Å². The first-order valence-corrected chi connectivity index (χ1v) is 3.00. The maximum absolute atomic E-state index is 10.9. The zero-order chi connectivity index (χ0) is 6.97. The summed E-state index contributed by atoms with van der Waals surface area (Å²) in [6.07, 6.45) is 1.64. The van der Waals surface area contributed by atoms with Gasteiger partial charge in [-0.3, -0.25) is 9.69 Å². The van der Waals surface area contributed by atoms with Crippen LogP contribution in [-0.4, -0.2) is 36.1 Å². The Bertz CT molecular complexity index is 232. The van der Waals surface area contributed by atoms with E-state index in [1.165, 1.54) is 0 Å². The van der Waals surface area contributed by atoms with Gasteiger partial charge in [0.1, 0.15) is 6.54 Å². The standard InChI is InChI=1S/C5H6N4O/c10-4-3-6-5-8-7-1-2-9(4)5/h1H,2-3H2,(H,6,8). The van der Waals surface area contributed by atoms with E-state index in [1.807, 2.05) is 0 Å². The van der Waals surface area contributed by atoms with E-state index in [1.54, 1.807) is 11.1 Å². The van der Waals surface area contributed by atoms with Crippen molar-refractivity contribution in [3.63, 3.8) is 0 Å². The van der Waals surface area contributed by atoms with Crippen molar-refractivity contribution >= 4 is 18.1 Å². The highest BCUT2D eigenvalue weighted by atomic mass is 16.2. The van der Waals surface area contributed by atoms with Crippen LogP contribution in [-0.2, 0) is 4.79 Å². The largest absolute Gasteiger partial charge is 0.274 e. The predicted molar refractivity (Wildman–Crippen MR) is 35.6 cm³/mol. The summed E-state index contributed by atoms with van der Waals surface area (Å²) in [7, 11) is 0. The van der Waals surface area contributed by atoms with Gasteiger partial charge in [-0.25, -0.2) is 10.4 Å². The fraction of sp³-hybridized carbons (Fsp3) is 0.400. The highest BCUT2D eigenvalue weighted by Gasteiger charge is 2.25. The SMILES string of the molecule is O=C1CN=C2NN=CCN12. The van der Waals surface area contributed by atoms with Crippen LogP contribution in [0.4, 0.5) is 0 Å². The van der Waals surface area contributed by atoms with Crippen LogP contribution in [0.15, 0.2) is 10.1 Å². The number of carbonyl (C=O) groups is 1. The number of hydrazone groups is 1. The zero-order valence-electron chi connectivity index (χ0n) is 5.24. The molecule has 0 unspecified atom stereocenters. The Morgan fingerprint density at radius 3 is 3.40 bits per heavy atom. The van der Waals surface area contributed by atoms with Crippen LogP contribution >= 0.6 is 0 Å². The minimum atomic E-state index is 0.0358. The zero-order valence-corrected chi connectivity index (χ0v) is 5.24. The molecule has 1 N–H and O–H groups in total. The van der Waals surface area contributed by atoms with E-state index in [4.69, 9.17) is 0 Å². The number of fused-ring (bicyclic) bond motifs is 1. The molecule has 2 aliphatic heterocycles. The van der Waals surface area contributed by atoms with Gasteiger partial charge in [-0.1, -0.05) is 0 Å². The van der Waals surface area contributed by atoms with Gasteiger partial charge in [-0.15, -0.1) is 0 Å². The Morgan fingerprint density at radius 1 is 1.70 bits per heavy atom.